The maximum absolute atomic E-state index is 13.5. The van der Waals surface area contributed by atoms with Crippen LogP contribution in [-0.2, 0) is 6.42 Å². The molecule has 35 heavy (non-hydrogen) atoms. The Morgan fingerprint density at radius 1 is 0.914 bits per heavy atom. The highest BCUT2D eigenvalue weighted by Crippen LogP contribution is 2.33. The fourth-order valence-electron chi connectivity index (χ4n) is 5.47. The van der Waals surface area contributed by atoms with Crippen LogP contribution in [0.15, 0.2) is 60.7 Å². The number of fused-ring (bicyclic) bond motifs is 1. The quantitative estimate of drug-likeness (QED) is 0.574. The molecule has 0 radical (unpaired) electrons. The first kappa shape index (κ1) is 23.2. The third-order valence-electron chi connectivity index (χ3n) is 7.20. The van der Waals surface area contributed by atoms with Gasteiger partial charge in [0.2, 0.25) is 0 Å². The molecule has 0 bridgehead atoms. The lowest BCUT2D eigenvalue weighted by atomic mass is 10.0. The van der Waals surface area contributed by atoms with Gasteiger partial charge in [-0.2, -0.15) is 0 Å². The second-order valence-electron chi connectivity index (χ2n) is 9.67. The predicted octanol–water partition coefficient (Wildman–Crippen LogP) is 3.19. The van der Waals surface area contributed by atoms with E-state index in [2.05, 4.69) is 45.2 Å². The highest BCUT2D eigenvalue weighted by Gasteiger charge is 2.42. The summed E-state index contributed by atoms with van der Waals surface area (Å²) in [5.41, 5.74) is 8.53. The monoisotopic (exact) mass is 469 g/mol. The molecule has 2 fully saturated rings. The molecule has 3 aromatic rings. The van der Waals surface area contributed by atoms with Gasteiger partial charge in [-0.15, -0.1) is 0 Å². The van der Waals surface area contributed by atoms with Crippen LogP contribution in [0.4, 0.5) is 0 Å². The Morgan fingerprint density at radius 2 is 1.54 bits per heavy atom. The minimum absolute atomic E-state index is 0.000881. The Labute approximate surface area is 206 Å². The minimum atomic E-state index is -0.708. The van der Waals surface area contributed by atoms with Crippen molar-refractivity contribution in [2.45, 2.75) is 19.8 Å². The molecule has 2 atom stereocenters. The van der Waals surface area contributed by atoms with Crippen LogP contribution in [0.3, 0.4) is 0 Å². The molecular weight excluding hydrogens is 438 g/mol. The van der Waals surface area contributed by atoms with Gasteiger partial charge in [-0.25, -0.2) is 9.97 Å². The smallest absolute Gasteiger partial charge is 0.268 e. The van der Waals surface area contributed by atoms with Crippen LogP contribution in [0, 0.1) is 18.8 Å². The van der Waals surface area contributed by atoms with E-state index in [1.807, 2.05) is 35.2 Å². The first-order chi connectivity index (χ1) is 17.0. The molecule has 2 aromatic carbocycles. The van der Waals surface area contributed by atoms with Crippen molar-refractivity contribution in [2.75, 3.05) is 32.7 Å². The molecule has 0 spiro atoms. The van der Waals surface area contributed by atoms with Crippen molar-refractivity contribution in [3.63, 3.8) is 0 Å². The van der Waals surface area contributed by atoms with Gasteiger partial charge in [0.25, 0.3) is 11.8 Å². The molecule has 0 saturated carbocycles. The SMILES string of the molecule is Cc1nc(-c2ccccc2)nc(C(N)=O)c1C(=O)N1CC2CN(CCCc3ccccc3)C[C@H]2C1. The number of benzene rings is 2. The number of nitrogens with two attached hydrogens (primary N) is 1. The summed E-state index contributed by atoms with van der Waals surface area (Å²) in [6.07, 6.45) is 2.23. The highest BCUT2D eigenvalue weighted by molar-refractivity contribution is 6.06. The average molecular weight is 470 g/mol. The third kappa shape index (κ3) is 4.95. The molecule has 1 aromatic heterocycles. The van der Waals surface area contributed by atoms with Crippen molar-refractivity contribution in [3.05, 3.63) is 83.2 Å². The summed E-state index contributed by atoms with van der Waals surface area (Å²) in [6, 6.07) is 20.0. The highest BCUT2D eigenvalue weighted by atomic mass is 16.2. The molecule has 7 nitrogen and oxygen atoms in total. The number of hydrogen-bond acceptors (Lipinski definition) is 5. The molecule has 2 aliphatic heterocycles. The molecule has 3 heterocycles. The van der Waals surface area contributed by atoms with Crippen LogP contribution in [0.5, 0.6) is 0 Å². The van der Waals surface area contributed by atoms with Crippen molar-refractivity contribution in [3.8, 4) is 11.4 Å². The Balaban J connectivity index is 1.24. The number of hydrogen-bond donors (Lipinski definition) is 1. The topological polar surface area (TPSA) is 92.4 Å². The minimum Gasteiger partial charge on any atom is -0.364 e. The lowest BCUT2D eigenvalue weighted by Crippen LogP contribution is -2.35. The molecule has 5 rings (SSSR count). The zero-order chi connectivity index (χ0) is 24.4. The Morgan fingerprint density at radius 3 is 2.17 bits per heavy atom. The van der Waals surface area contributed by atoms with Crippen molar-refractivity contribution in [1.82, 2.24) is 19.8 Å². The summed E-state index contributed by atoms with van der Waals surface area (Å²) in [5.74, 6) is 0.411. The van der Waals surface area contributed by atoms with Crippen LogP contribution in [0.2, 0.25) is 0 Å². The van der Waals surface area contributed by atoms with Crippen LogP contribution >= 0.6 is 0 Å². The standard InChI is InChI=1S/C28H31N5O2/c1-19-24(25(26(29)34)31-27(30-19)21-12-6-3-7-13-21)28(35)33-17-22-15-32(16-23(22)18-33)14-8-11-20-9-4-2-5-10-20/h2-7,9-10,12-13,22-23H,8,11,14-18H2,1H3,(H2,29,34)/t22-,23?/m0/s1. The van der Waals surface area contributed by atoms with Crippen LogP contribution in [-0.4, -0.2) is 64.3 Å². The molecule has 2 saturated heterocycles. The van der Waals surface area contributed by atoms with Gasteiger partial charge in [-0.3, -0.25) is 9.59 Å². The number of likely N-dealkylation sites (tertiary alicyclic amines) is 2. The summed E-state index contributed by atoms with van der Waals surface area (Å²) >= 11 is 0. The van der Waals surface area contributed by atoms with Gasteiger partial charge in [-0.05, 0) is 43.7 Å². The second kappa shape index (κ2) is 9.96. The Hall–Kier alpha value is -3.58. The Kier molecular flexibility index (Phi) is 6.59. The van der Waals surface area contributed by atoms with E-state index >= 15 is 0 Å². The third-order valence-corrected chi connectivity index (χ3v) is 7.20. The normalized spacial score (nSPS) is 19.6. The van der Waals surface area contributed by atoms with Gasteiger partial charge in [0.1, 0.15) is 5.69 Å². The van der Waals surface area contributed by atoms with E-state index in [1.165, 1.54) is 5.56 Å². The second-order valence-corrected chi connectivity index (χ2v) is 9.67. The summed E-state index contributed by atoms with van der Waals surface area (Å²) < 4.78 is 0. The number of aryl methyl sites for hydroxylation is 2. The maximum atomic E-state index is 13.5. The number of aromatic nitrogens is 2. The van der Waals surface area contributed by atoms with Crippen LogP contribution < -0.4 is 5.73 Å². The summed E-state index contributed by atoms with van der Waals surface area (Å²) in [6.45, 7) is 6.23. The number of carbonyl (C=O) groups excluding carboxylic acids is 2. The summed E-state index contributed by atoms with van der Waals surface area (Å²) in [5, 5.41) is 0. The van der Waals surface area contributed by atoms with E-state index in [-0.39, 0.29) is 17.2 Å². The molecule has 2 amide bonds. The molecular formula is C28H31N5O2. The van der Waals surface area contributed by atoms with E-state index in [0.717, 1.165) is 38.0 Å². The molecule has 180 valence electrons. The average Bonchev–Trinajstić information content (AvgIpc) is 3.43. The van der Waals surface area contributed by atoms with E-state index in [1.54, 1.807) is 6.92 Å². The first-order valence-electron chi connectivity index (χ1n) is 12.3. The fourth-order valence-corrected chi connectivity index (χ4v) is 5.47. The van der Waals surface area contributed by atoms with E-state index < -0.39 is 5.91 Å². The molecule has 7 heteroatoms. The lowest BCUT2D eigenvalue weighted by molar-refractivity contribution is 0.0766. The van der Waals surface area contributed by atoms with Crippen molar-refractivity contribution >= 4 is 11.8 Å². The lowest BCUT2D eigenvalue weighted by Gasteiger charge is -2.23. The van der Waals surface area contributed by atoms with E-state index in [0.29, 0.717) is 36.4 Å². The van der Waals surface area contributed by atoms with Gasteiger partial charge >= 0.3 is 0 Å². The van der Waals surface area contributed by atoms with Crippen molar-refractivity contribution in [1.29, 1.82) is 0 Å². The fraction of sp³-hybridized carbons (Fsp3) is 0.357. The Bertz CT molecular complexity index is 1200. The molecule has 0 aliphatic carbocycles. The van der Waals surface area contributed by atoms with Crippen molar-refractivity contribution < 1.29 is 9.59 Å². The largest absolute Gasteiger partial charge is 0.364 e. The van der Waals surface area contributed by atoms with Crippen molar-refractivity contribution in [2.24, 2.45) is 17.6 Å². The van der Waals surface area contributed by atoms with Gasteiger partial charge in [0, 0.05) is 31.7 Å². The molecule has 2 aliphatic rings. The number of primary amides is 1. The molecule has 1 unspecified atom stereocenters. The number of carbonyl (C=O) groups is 2. The van der Waals surface area contributed by atoms with E-state index in [4.69, 9.17) is 5.73 Å². The van der Waals surface area contributed by atoms with Crippen LogP contribution in [0.1, 0.15) is 38.5 Å². The first-order valence-corrected chi connectivity index (χ1v) is 12.3. The number of nitrogens with zero attached hydrogens (tertiary/aromatic N) is 4. The zero-order valence-corrected chi connectivity index (χ0v) is 20.1. The number of rotatable bonds is 7. The summed E-state index contributed by atoms with van der Waals surface area (Å²) in [7, 11) is 0. The van der Waals surface area contributed by atoms with Crippen LogP contribution in [0.25, 0.3) is 11.4 Å². The van der Waals surface area contributed by atoms with Gasteiger partial charge in [0.15, 0.2) is 5.82 Å². The number of amides is 2. The molecule has 2 N–H and O–H groups in total. The van der Waals surface area contributed by atoms with Gasteiger partial charge in [0.05, 0.1) is 11.3 Å². The van der Waals surface area contributed by atoms with Gasteiger partial charge in [-0.1, -0.05) is 60.7 Å². The van der Waals surface area contributed by atoms with E-state index in [9.17, 15) is 9.59 Å². The predicted molar refractivity (Wildman–Crippen MR) is 135 cm³/mol. The van der Waals surface area contributed by atoms with Gasteiger partial charge < -0.3 is 15.5 Å². The zero-order valence-electron chi connectivity index (χ0n) is 20.1. The summed E-state index contributed by atoms with van der Waals surface area (Å²) in [4.78, 5) is 39.1. The maximum Gasteiger partial charge on any atom is 0.268 e.